The van der Waals surface area contributed by atoms with Gasteiger partial charge in [0, 0.05) is 19.2 Å². The number of hydrogen-bond acceptors (Lipinski definition) is 6. The van der Waals surface area contributed by atoms with Crippen LogP contribution in [-0.2, 0) is 6.54 Å². The molecule has 0 spiro atoms. The second-order valence-corrected chi connectivity index (χ2v) is 7.22. The quantitative estimate of drug-likeness (QED) is 0.574. The van der Waals surface area contributed by atoms with E-state index < -0.39 is 0 Å². The maximum absolute atomic E-state index is 13.2. The molecule has 0 unspecified atom stereocenters. The Hall–Kier alpha value is -3.19. The summed E-state index contributed by atoms with van der Waals surface area (Å²) in [4.78, 5) is 20.2. The number of para-hydroxylation sites is 1. The van der Waals surface area contributed by atoms with Crippen LogP contribution in [0, 0.1) is 6.92 Å². The predicted octanol–water partition coefficient (Wildman–Crippen LogP) is 4.24. The number of amides is 1. The van der Waals surface area contributed by atoms with Gasteiger partial charge in [-0.15, -0.1) is 11.3 Å². The van der Waals surface area contributed by atoms with Crippen LogP contribution in [0.15, 0.2) is 52.4 Å². The van der Waals surface area contributed by atoms with Crippen molar-refractivity contribution in [3.05, 3.63) is 64.7 Å². The van der Waals surface area contributed by atoms with Crippen molar-refractivity contribution in [3.8, 4) is 16.3 Å². The van der Waals surface area contributed by atoms with E-state index in [2.05, 4.69) is 10.1 Å². The maximum Gasteiger partial charge on any atom is 0.259 e. The Kier molecular flexibility index (Phi) is 4.37. The summed E-state index contributed by atoms with van der Waals surface area (Å²) in [5.41, 5.74) is 2.81. The maximum atomic E-state index is 13.2. The first-order valence-corrected chi connectivity index (χ1v) is 9.26. The van der Waals surface area contributed by atoms with Crippen molar-refractivity contribution >= 4 is 28.3 Å². The molecule has 3 heterocycles. The van der Waals surface area contributed by atoms with Gasteiger partial charge in [0.05, 0.1) is 27.2 Å². The van der Waals surface area contributed by atoms with Crippen LogP contribution in [0.4, 0.5) is 0 Å². The fourth-order valence-electron chi connectivity index (χ4n) is 2.99. The summed E-state index contributed by atoms with van der Waals surface area (Å²) in [7, 11) is 1.70. The summed E-state index contributed by atoms with van der Waals surface area (Å²) in [5, 5.41) is 16.5. The molecule has 0 bridgehead atoms. The largest absolute Gasteiger partial charge is 0.508 e. The first-order chi connectivity index (χ1) is 13.0. The minimum Gasteiger partial charge on any atom is -0.508 e. The molecule has 7 heteroatoms. The molecule has 1 aromatic carbocycles. The fraction of sp³-hybridized carbons (Fsp3) is 0.150. The zero-order chi connectivity index (χ0) is 19.0. The SMILES string of the molecule is Cc1noc2nc(-c3cccs3)cc(C(=O)N(C)Cc3ccccc3O)c12. The van der Waals surface area contributed by atoms with E-state index in [0.717, 1.165) is 4.88 Å². The van der Waals surface area contributed by atoms with Crippen LogP contribution < -0.4 is 0 Å². The van der Waals surface area contributed by atoms with E-state index in [4.69, 9.17) is 4.52 Å². The van der Waals surface area contributed by atoms with Crippen LogP contribution in [0.25, 0.3) is 21.7 Å². The highest BCUT2D eigenvalue weighted by atomic mass is 32.1. The van der Waals surface area contributed by atoms with Gasteiger partial charge in [0.2, 0.25) is 0 Å². The molecule has 1 amide bonds. The van der Waals surface area contributed by atoms with Crippen molar-refractivity contribution in [1.82, 2.24) is 15.0 Å². The van der Waals surface area contributed by atoms with Crippen molar-refractivity contribution in [1.29, 1.82) is 0 Å². The van der Waals surface area contributed by atoms with Crippen molar-refractivity contribution in [2.45, 2.75) is 13.5 Å². The third-order valence-corrected chi connectivity index (χ3v) is 5.26. The molecule has 4 aromatic rings. The Morgan fingerprint density at radius 3 is 2.81 bits per heavy atom. The molecule has 27 heavy (non-hydrogen) atoms. The lowest BCUT2D eigenvalue weighted by Gasteiger charge is -2.18. The highest BCUT2D eigenvalue weighted by molar-refractivity contribution is 7.13. The van der Waals surface area contributed by atoms with Gasteiger partial charge in [-0.05, 0) is 30.5 Å². The minimum atomic E-state index is -0.185. The number of aromatic nitrogens is 2. The number of nitrogens with zero attached hydrogens (tertiary/aromatic N) is 3. The normalized spacial score (nSPS) is 11.0. The van der Waals surface area contributed by atoms with Gasteiger partial charge >= 0.3 is 0 Å². The number of rotatable bonds is 4. The van der Waals surface area contributed by atoms with Crippen LogP contribution in [0.2, 0.25) is 0 Å². The Morgan fingerprint density at radius 1 is 1.26 bits per heavy atom. The lowest BCUT2D eigenvalue weighted by molar-refractivity contribution is 0.0786. The van der Waals surface area contributed by atoms with Gasteiger partial charge in [0.15, 0.2) is 0 Å². The van der Waals surface area contributed by atoms with Gasteiger partial charge in [-0.1, -0.05) is 29.4 Å². The van der Waals surface area contributed by atoms with E-state index in [9.17, 15) is 9.90 Å². The Labute approximate surface area is 159 Å². The molecule has 4 rings (SSSR count). The third kappa shape index (κ3) is 3.17. The van der Waals surface area contributed by atoms with Gasteiger partial charge in [-0.25, -0.2) is 4.98 Å². The van der Waals surface area contributed by atoms with E-state index in [1.165, 1.54) is 0 Å². The van der Waals surface area contributed by atoms with Crippen molar-refractivity contribution in [2.75, 3.05) is 7.05 Å². The van der Waals surface area contributed by atoms with E-state index in [1.807, 2.05) is 23.6 Å². The van der Waals surface area contributed by atoms with Crippen LogP contribution in [-0.4, -0.2) is 33.1 Å². The number of phenols is 1. The average molecular weight is 379 g/mol. The minimum absolute atomic E-state index is 0.164. The number of carbonyl (C=O) groups excluding carboxylic acids is 1. The zero-order valence-electron chi connectivity index (χ0n) is 14.8. The summed E-state index contributed by atoms with van der Waals surface area (Å²) >= 11 is 1.54. The van der Waals surface area contributed by atoms with E-state index in [-0.39, 0.29) is 18.2 Å². The molecule has 0 aliphatic heterocycles. The van der Waals surface area contributed by atoms with E-state index >= 15 is 0 Å². The Bertz CT molecular complexity index is 1120. The number of thiophene rings is 1. The Balaban J connectivity index is 1.76. The standard InChI is InChI=1S/C20H17N3O3S/c1-12-18-14(20(25)23(2)11-13-6-3-4-7-16(13)24)10-15(17-8-5-9-27-17)21-19(18)26-22-12/h3-10,24H,11H2,1-2H3. The summed E-state index contributed by atoms with van der Waals surface area (Å²) in [6.07, 6.45) is 0. The molecule has 0 aliphatic rings. The topological polar surface area (TPSA) is 79.5 Å². The van der Waals surface area contributed by atoms with Crippen molar-refractivity contribution < 1.29 is 14.4 Å². The fourth-order valence-corrected chi connectivity index (χ4v) is 3.68. The van der Waals surface area contributed by atoms with Gasteiger partial charge < -0.3 is 14.5 Å². The number of aromatic hydroxyl groups is 1. The summed E-state index contributed by atoms with van der Waals surface area (Å²) in [5.74, 6) is -0.0211. The lowest BCUT2D eigenvalue weighted by Crippen LogP contribution is -2.26. The van der Waals surface area contributed by atoms with Gasteiger partial charge in [0.1, 0.15) is 5.75 Å². The second kappa shape index (κ2) is 6.85. The highest BCUT2D eigenvalue weighted by Gasteiger charge is 2.22. The number of aryl methyl sites for hydroxylation is 1. The molecule has 0 saturated carbocycles. The lowest BCUT2D eigenvalue weighted by atomic mass is 10.1. The molecule has 0 fully saturated rings. The number of benzene rings is 1. The number of phenolic OH excluding ortho intramolecular Hbond substituents is 1. The molecule has 1 N–H and O–H groups in total. The van der Waals surface area contributed by atoms with Gasteiger partial charge in [-0.3, -0.25) is 4.79 Å². The molecule has 0 aliphatic carbocycles. The number of hydrogen-bond donors (Lipinski definition) is 1. The zero-order valence-corrected chi connectivity index (χ0v) is 15.7. The monoisotopic (exact) mass is 379 g/mol. The first kappa shape index (κ1) is 17.2. The molecule has 6 nitrogen and oxygen atoms in total. The number of pyridine rings is 1. The van der Waals surface area contributed by atoms with Gasteiger partial charge in [-0.2, -0.15) is 0 Å². The van der Waals surface area contributed by atoms with Crippen LogP contribution in [0.5, 0.6) is 5.75 Å². The van der Waals surface area contributed by atoms with Crippen LogP contribution in [0.3, 0.4) is 0 Å². The predicted molar refractivity (Wildman–Crippen MR) is 104 cm³/mol. The third-order valence-electron chi connectivity index (χ3n) is 4.37. The first-order valence-electron chi connectivity index (χ1n) is 8.38. The molecule has 0 atom stereocenters. The van der Waals surface area contributed by atoms with Crippen molar-refractivity contribution in [2.24, 2.45) is 0 Å². The number of fused-ring (bicyclic) bond motifs is 1. The summed E-state index contributed by atoms with van der Waals surface area (Å²) < 4.78 is 5.33. The molecule has 0 saturated heterocycles. The molecular weight excluding hydrogens is 362 g/mol. The summed E-state index contributed by atoms with van der Waals surface area (Å²) in [6, 6.07) is 12.6. The molecular formula is C20H17N3O3S. The smallest absolute Gasteiger partial charge is 0.259 e. The molecule has 0 radical (unpaired) electrons. The van der Waals surface area contributed by atoms with Gasteiger partial charge in [0.25, 0.3) is 11.6 Å². The average Bonchev–Trinajstić information content (AvgIpc) is 3.33. The van der Waals surface area contributed by atoms with Crippen LogP contribution >= 0.6 is 11.3 Å². The Morgan fingerprint density at radius 2 is 2.07 bits per heavy atom. The molecule has 136 valence electrons. The summed E-state index contributed by atoms with van der Waals surface area (Å²) in [6.45, 7) is 2.08. The van der Waals surface area contributed by atoms with E-state index in [1.54, 1.807) is 54.5 Å². The highest BCUT2D eigenvalue weighted by Crippen LogP contribution is 2.30. The second-order valence-electron chi connectivity index (χ2n) is 6.27. The molecule has 3 aromatic heterocycles. The van der Waals surface area contributed by atoms with Crippen LogP contribution in [0.1, 0.15) is 21.6 Å². The number of carbonyl (C=O) groups is 1. The van der Waals surface area contributed by atoms with Crippen molar-refractivity contribution in [3.63, 3.8) is 0 Å². The van der Waals surface area contributed by atoms with E-state index in [0.29, 0.717) is 33.6 Å².